The molecule has 0 fully saturated rings. The van der Waals surface area contributed by atoms with Crippen molar-refractivity contribution in [3.63, 3.8) is 0 Å². The number of hydrogen-bond donors (Lipinski definition) is 1. The number of aromatic nitrogens is 2. The van der Waals surface area contributed by atoms with Gasteiger partial charge in [0.15, 0.2) is 6.61 Å². The molecule has 6 heteroatoms. The molecule has 0 saturated heterocycles. The molecule has 1 N–H and O–H groups in total. The van der Waals surface area contributed by atoms with E-state index in [1.165, 1.54) is 0 Å². The molecule has 0 aliphatic rings. The van der Waals surface area contributed by atoms with Crippen molar-refractivity contribution < 1.29 is 14.6 Å². The third kappa shape index (κ3) is 5.44. The van der Waals surface area contributed by atoms with E-state index in [0.717, 1.165) is 40.2 Å². The van der Waals surface area contributed by atoms with Gasteiger partial charge in [0, 0.05) is 17.1 Å². The summed E-state index contributed by atoms with van der Waals surface area (Å²) in [6.07, 6.45) is 0. The van der Waals surface area contributed by atoms with E-state index in [1.807, 2.05) is 83.5 Å². The molecule has 0 radical (unpaired) electrons. The number of rotatable bonds is 8. The molecule has 0 amide bonds. The maximum absolute atomic E-state index is 11.1. The van der Waals surface area contributed by atoms with E-state index in [4.69, 9.17) is 26.5 Å². The quantitative estimate of drug-likeness (QED) is 0.319. The second kappa shape index (κ2) is 9.92. The van der Waals surface area contributed by atoms with Crippen LogP contribution < -0.4 is 4.74 Å². The number of benzene rings is 3. The van der Waals surface area contributed by atoms with E-state index in [-0.39, 0.29) is 0 Å². The summed E-state index contributed by atoms with van der Waals surface area (Å²) < 4.78 is 7.61. The topological polar surface area (TPSA) is 64.4 Å². The van der Waals surface area contributed by atoms with Crippen LogP contribution in [0.25, 0.3) is 33.6 Å². The maximum atomic E-state index is 11.1. The molecule has 168 valence electrons. The lowest BCUT2D eigenvalue weighted by Crippen LogP contribution is -2.10. The predicted octanol–water partition coefficient (Wildman–Crippen LogP) is 6.66. The Kier molecular flexibility index (Phi) is 6.80. The molecule has 0 unspecified atom stereocenters. The summed E-state index contributed by atoms with van der Waals surface area (Å²) in [5.74, 6) is -0.156. The summed E-state index contributed by atoms with van der Waals surface area (Å²) in [7, 11) is 0. The molecular weight excluding hydrogens is 436 g/mol. The Morgan fingerprint density at radius 1 is 0.970 bits per heavy atom. The third-order valence-corrected chi connectivity index (χ3v) is 5.42. The van der Waals surface area contributed by atoms with E-state index in [0.29, 0.717) is 16.7 Å². The van der Waals surface area contributed by atoms with Gasteiger partial charge in [-0.25, -0.2) is 4.79 Å². The van der Waals surface area contributed by atoms with Crippen LogP contribution in [0.3, 0.4) is 0 Å². The Balaban J connectivity index is 1.84. The zero-order valence-electron chi connectivity index (χ0n) is 18.5. The summed E-state index contributed by atoms with van der Waals surface area (Å²) in [4.78, 5) is 11.1. The van der Waals surface area contributed by atoms with Gasteiger partial charge in [-0.3, -0.25) is 4.68 Å². The fraction of sp³-hybridized carbons (Fsp3) is 0.185. The Labute approximate surface area is 198 Å². The summed E-state index contributed by atoms with van der Waals surface area (Å²) >= 11 is 6.09. The standard InChI is InChI=1S/C27H25ClN2O3/c1-18(2)16-30-25(20-8-11-22(28)12-9-20)15-24(29-30)23-14-21(19-6-4-3-5-7-19)10-13-26(23)33-17-27(31)32/h3-15,18H,16-17H2,1-2H3,(H,31,32). The first kappa shape index (κ1) is 22.6. The normalized spacial score (nSPS) is 11.0. The highest BCUT2D eigenvalue weighted by Crippen LogP contribution is 2.36. The highest BCUT2D eigenvalue weighted by atomic mass is 35.5. The van der Waals surface area contributed by atoms with E-state index in [1.54, 1.807) is 0 Å². The lowest BCUT2D eigenvalue weighted by Gasteiger charge is -2.11. The van der Waals surface area contributed by atoms with Gasteiger partial charge in [-0.15, -0.1) is 0 Å². The molecule has 0 atom stereocenters. The largest absolute Gasteiger partial charge is 0.481 e. The van der Waals surface area contributed by atoms with Crippen LogP contribution in [0.5, 0.6) is 5.75 Å². The molecule has 0 aliphatic heterocycles. The molecular formula is C27H25ClN2O3. The molecule has 0 aliphatic carbocycles. The zero-order chi connectivity index (χ0) is 23.4. The highest BCUT2D eigenvalue weighted by molar-refractivity contribution is 6.30. The SMILES string of the molecule is CC(C)Cn1nc(-c2cc(-c3ccccc3)ccc2OCC(=O)O)cc1-c1ccc(Cl)cc1. The van der Waals surface area contributed by atoms with Crippen molar-refractivity contribution in [2.75, 3.05) is 6.61 Å². The second-order valence-corrected chi connectivity index (χ2v) is 8.69. The Morgan fingerprint density at radius 3 is 2.33 bits per heavy atom. The number of carboxylic acid groups (broad SMARTS) is 1. The first-order valence-corrected chi connectivity index (χ1v) is 11.2. The molecule has 5 nitrogen and oxygen atoms in total. The zero-order valence-corrected chi connectivity index (χ0v) is 19.3. The molecule has 4 rings (SSSR count). The molecule has 4 aromatic rings. The fourth-order valence-corrected chi connectivity index (χ4v) is 3.82. The molecule has 0 spiro atoms. The number of ether oxygens (including phenoxy) is 1. The number of aliphatic carboxylic acids is 1. The Morgan fingerprint density at radius 2 is 1.67 bits per heavy atom. The number of carboxylic acids is 1. The maximum Gasteiger partial charge on any atom is 0.341 e. The van der Waals surface area contributed by atoms with Gasteiger partial charge in [-0.1, -0.05) is 74.0 Å². The lowest BCUT2D eigenvalue weighted by atomic mass is 10.0. The van der Waals surface area contributed by atoms with Gasteiger partial charge in [0.05, 0.1) is 11.4 Å². The average Bonchev–Trinajstić information content (AvgIpc) is 3.21. The highest BCUT2D eigenvalue weighted by Gasteiger charge is 2.17. The number of hydrogen-bond acceptors (Lipinski definition) is 3. The molecule has 1 aromatic heterocycles. The minimum Gasteiger partial charge on any atom is -0.481 e. The summed E-state index contributed by atoms with van der Waals surface area (Å²) in [5.41, 5.74) is 5.49. The second-order valence-electron chi connectivity index (χ2n) is 8.26. The molecule has 1 heterocycles. The van der Waals surface area contributed by atoms with Crippen molar-refractivity contribution >= 4 is 17.6 Å². The first-order chi connectivity index (χ1) is 15.9. The van der Waals surface area contributed by atoms with E-state index in [9.17, 15) is 4.79 Å². The Hall–Kier alpha value is -3.57. The van der Waals surface area contributed by atoms with Crippen molar-refractivity contribution in [1.82, 2.24) is 9.78 Å². The van der Waals surface area contributed by atoms with Crippen LogP contribution in [0.15, 0.2) is 78.9 Å². The van der Waals surface area contributed by atoms with Gasteiger partial charge in [0.1, 0.15) is 5.75 Å². The smallest absolute Gasteiger partial charge is 0.341 e. The fourth-order valence-electron chi connectivity index (χ4n) is 3.69. The van der Waals surface area contributed by atoms with Gasteiger partial charge >= 0.3 is 5.97 Å². The van der Waals surface area contributed by atoms with E-state index < -0.39 is 12.6 Å². The van der Waals surface area contributed by atoms with Crippen LogP contribution in [-0.2, 0) is 11.3 Å². The Bertz CT molecular complexity index is 1250. The van der Waals surface area contributed by atoms with Crippen LogP contribution in [0.2, 0.25) is 5.02 Å². The van der Waals surface area contributed by atoms with Crippen molar-refractivity contribution in [2.45, 2.75) is 20.4 Å². The van der Waals surface area contributed by atoms with Crippen molar-refractivity contribution in [2.24, 2.45) is 5.92 Å². The molecule has 33 heavy (non-hydrogen) atoms. The molecule has 0 saturated carbocycles. The molecule has 3 aromatic carbocycles. The first-order valence-electron chi connectivity index (χ1n) is 10.8. The minimum absolute atomic E-state index is 0.391. The summed E-state index contributed by atoms with van der Waals surface area (Å²) in [5, 5.41) is 14.7. The lowest BCUT2D eigenvalue weighted by molar-refractivity contribution is -0.139. The van der Waals surface area contributed by atoms with Gasteiger partial charge in [-0.2, -0.15) is 5.10 Å². The molecule has 0 bridgehead atoms. The van der Waals surface area contributed by atoms with Gasteiger partial charge in [0.2, 0.25) is 0 Å². The van der Waals surface area contributed by atoms with Crippen molar-refractivity contribution in [3.05, 3.63) is 83.9 Å². The van der Waals surface area contributed by atoms with E-state index >= 15 is 0 Å². The van der Waals surface area contributed by atoms with Gasteiger partial charge in [-0.05, 0) is 52.9 Å². The van der Waals surface area contributed by atoms with Crippen LogP contribution in [0.4, 0.5) is 0 Å². The monoisotopic (exact) mass is 460 g/mol. The number of carbonyl (C=O) groups is 1. The summed E-state index contributed by atoms with van der Waals surface area (Å²) in [6, 6.07) is 25.4. The van der Waals surface area contributed by atoms with E-state index in [2.05, 4.69) is 13.8 Å². The van der Waals surface area contributed by atoms with Gasteiger partial charge < -0.3 is 9.84 Å². The van der Waals surface area contributed by atoms with Gasteiger partial charge in [0.25, 0.3) is 0 Å². The van der Waals surface area contributed by atoms with Crippen molar-refractivity contribution in [3.8, 4) is 39.4 Å². The van der Waals surface area contributed by atoms with Crippen LogP contribution in [0, 0.1) is 5.92 Å². The third-order valence-electron chi connectivity index (χ3n) is 5.17. The predicted molar refractivity (Wildman–Crippen MR) is 132 cm³/mol. The summed E-state index contributed by atoms with van der Waals surface area (Å²) in [6.45, 7) is 4.60. The number of nitrogens with zero attached hydrogens (tertiary/aromatic N) is 2. The van der Waals surface area contributed by atoms with Crippen LogP contribution >= 0.6 is 11.6 Å². The van der Waals surface area contributed by atoms with Crippen LogP contribution in [0.1, 0.15) is 13.8 Å². The van der Waals surface area contributed by atoms with Crippen LogP contribution in [-0.4, -0.2) is 27.5 Å². The number of halogens is 1. The minimum atomic E-state index is -1.03. The average molecular weight is 461 g/mol. The van der Waals surface area contributed by atoms with Crippen molar-refractivity contribution in [1.29, 1.82) is 0 Å².